The van der Waals surface area contributed by atoms with Crippen LogP contribution in [0.2, 0.25) is 0 Å². The first kappa shape index (κ1) is 18.2. The second kappa shape index (κ2) is 9.21. The number of nitrogens with zero attached hydrogens (tertiary/aromatic N) is 2. The molecule has 3 rings (SSSR count). The maximum atomic E-state index is 12.5. The van der Waals surface area contributed by atoms with Crippen LogP contribution in [-0.4, -0.2) is 24.0 Å². The lowest BCUT2D eigenvalue weighted by molar-refractivity contribution is -0.121. The van der Waals surface area contributed by atoms with Crippen molar-refractivity contribution in [2.24, 2.45) is 11.8 Å². The smallest absolute Gasteiger partial charge is 0.227 e. The van der Waals surface area contributed by atoms with Crippen molar-refractivity contribution in [3.63, 3.8) is 0 Å². The number of pyridine rings is 1. The predicted octanol–water partition coefficient (Wildman–Crippen LogP) is 5.01. The lowest BCUT2D eigenvalue weighted by atomic mass is 9.79. The van der Waals surface area contributed by atoms with Crippen molar-refractivity contribution in [1.29, 1.82) is 0 Å². The first-order valence-corrected chi connectivity index (χ1v) is 10.3. The molecule has 0 bridgehead atoms. The highest BCUT2D eigenvalue weighted by Crippen LogP contribution is 2.32. The highest BCUT2D eigenvalue weighted by Gasteiger charge is 2.26. The summed E-state index contributed by atoms with van der Waals surface area (Å²) < 4.78 is 0. The third-order valence-corrected chi connectivity index (χ3v) is 5.88. The Balaban J connectivity index is 1.46. The number of piperidine rings is 1. The molecular formula is C21H33N3O. The Labute approximate surface area is 152 Å². The van der Waals surface area contributed by atoms with E-state index in [0.29, 0.717) is 0 Å². The molecule has 0 radical (unpaired) electrons. The highest BCUT2D eigenvalue weighted by atomic mass is 16.1. The van der Waals surface area contributed by atoms with Crippen molar-refractivity contribution in [2.45, 2.75) is 71.1 Å². The number of carbonyl (C=O) groups is 1. The van der Waals surface area contributed by atoms with Crippen molar-refractivity contribution in [1.82, 2.24) is 4.98 Å². The summed E-state index contributed by atoms with van der Waals surface area (Å²) in [7, 11) is 0. The summed E-state index contributed by atoms with van der Waals surface area (Å²) in [5.41, 5.74) is 0.832. The van der Waals surface area contributed by atoms with Crippen LogP contribution in [0.3, 0.4) is 0 Å². The quantitative estimate of drug-likeness (QED) is 0.790. The molecule has 25 heavy (non-hydrogen) atoms. The fourth-order valence-electron chi connectivity index (χ4n) is 4.22. The average Bonchev–Trinajstić information content (AvgIpc) is 2.68. The van der Waals surface area contributed by atoms with Crippen LogP contribution in [0.25, 0.3) is 0 Å². The van der Waals surface area contributed by atoms with E-state index in [4.69, 9.17) is 0 Å². The standard InChI is InChI=1S/C21H33N3O/c1-2-3-7-17-8-10-18(11-9-17)21(25)23-19-12-13-20(22-16-19)24-14-5-4-6-15-24/h12-13,16-18H,2-11,14-15H2,1H3,(H,23,25). The largest absolute Gasteiger partial charge is 0.357 e. The van der Waals surface area contributed by atoms with Gasteiger partial charge in [0.1, 0.15) is 5.82 Å². The van der Waals surface area contributed by atoms with E-state index in [9.17, 15) is 4.79 Å². The van der Waals surface area contributed by atoms with Crippen LogP contribution in [0.1, 0.15) is 71.1 Å². The minimum absolute atomic E-state index is 0.180. The molecule has 4 heteroatoms. The SMILES string of the molecule is CCCCC1CCC(C(=O)Nc2ccc(N3CCCCC3)nc2)CC1. The van der Waals surface area contributed by atoms with E-state index in [1.807, 2.05) is 18.3 Å². The summed E-state index contributed by atoms with van der Waals surface area (Å²) in [5.74, 6) is 2.24. The van der Waals surface area contributed by atoms with E-state index < -0.39 is 0 Å². The van der Waals surface area contributed by atoms with Gasteiger partial charge >= 0.3 is 0 Å². The lowest BCUT2D eigenvalue weighted by Gasteiger charge is -2.28. The monoisotopic (exact) mass is 343 g/mol. The molecule has 4 nitrogen and oxygen atoms in total. The molecule has 2 fully saturated rings. The summed E-state index contributed by atoms with van der Waals surface area (Å²) in [6.45, 7) is 4.45. The number of anilines is 2. The molecule has 0 atom stereocenters. The number of amides is 1. The van der Waals surface area contributed by atoms with E-state index in [-0.39, 0.29) is 11.8 Å². The van der Waals surface area contributed by atoms with Crippen LogP contribution in [0.4, 0.5) is 11.5 Å². The summed E-state index contributed by atoms with van der Waals surface area (Å²) >= 11 is 0. The molecule has 0 spiro atoms. The number of unbranched alkanes of at least 4 members (excludes halogenated alkanes) is 1. The molecular weight excluding hydrogens is 310 g/mol. The highest BCUT2D eigenvalue weighted by molar-refractivity contribution is 5.92. The van der Waals surface area contributed by atoms with Crippen molar-refractivity contribution in [3.05, 3.63) is 18.3 Å². The van der Waals surface area contributed by atoms with Gasteiger partial charge in [-0.25, -0.2) is 4.98 Å². The Morgan fingerprint density at radius 3 is 2.56 bits per heavy atom. The maximum absolute atomic E-state index is 12.5. The van der Waals surface area contributed by atoms with Crippen LogP contribution in [0.5, 0.6) is 0 Å². The van der Waals surface area contributed by atoms with E-state index in [2.05, 4.69) is 22.1 Å². The van der Waals surface area contributed by atoms with E-state index >= 15 is 0 Å². The summed E-state index contributed by atoms with van der Waals surface area (Å²) in [4.78, 5) is 19.4. The van der Waals surface area contributed by atoms with Gasteiger partial charge in [0.25, 0.3) is 0 Å². The molecule has 1 aliphatic carbocycles. The van der Waals surface area contributed by atoms with Gasteiger partial charge in [-0.15, -0.1) is 0 Å². The second-order valence-electron chi connectivity index (χ2n) is 7.80. The number of carbonyl (C=O) groups excluding carboxylic acids is 1. The van der Waals surface area contributed by atoms with Crippen molar-refractivity contribution < 1.29 is 4.79 Å². The predicted molar refractivity (Wildman–Crippen MR) is 104 cm³/mol. The third-order valence-electron chi connectivity index (χ3n) is 5.88. The van der Waals surface area contributed by atoms with Crippen LogP contribution in [-0.2, 0) is 4.79 Å². The zero-order valence-electron chi connectivity index (χ0n) is 15.7. The van der Waals surface area contributed by atoms with Crippen LogP contribution < -0.4 is 10.2 Å². The molecule has 1 aliphatic heterocycles. The summed E-state index contributed by atoms with van der Waals surface area (Å²) in [5, 5.41) is 3.08. The van der Waals surface area contributed by atoms with Crippen molar-refractivity contribution >= 4 is 17.4 Å². The molecule has 1 saturated carbocycles. The van der Waals surface area contributed by atoms with Gasteiger partial charge < -0.3 is 10.2 Å². The zero-order valence-corrected chi connectivity index (χ0v) is 15.7. The molecule has 1 amide bonds. The van der Waals surface area contributed by atoms with E-state index in [0.717, 1.165) is 43.4 Å². The maximum Gasteiger partial charge on any atom is 0.227 e. The molecule has 1 aromatic rings. The molecule has 0 aromatic carbocycles. The van der Waals surface area contributed by atoms with Crippen LogP contribution >= 0.6 is 0 Å². The van der Waals surface area contributed by atoms with Crippen LogP contribution in [0.15, 0.2) is 18.3 Å². The number of rotatable bonds is 6. The third kappa shape index (κ3) is 5.20. The van der Waals surface area contributed by atoms with Gasteiger partial charge in [0, 0.05) is 19.0 Å². The Morgan fingerprint density at radius 2 is 1.92 bits per heavy atom. The normalized spacial score (nSPS) is 24.1. The number of hydrogen-bond acceptors (Lipinski definition) is 3. The summed E-state index contributed by atoms with van der Waals surface area (Å²) in [6, 6.07) is 4.05. The Kier molecular flexibility index (Phi) is 6.71. The Bertz CT molecular complexity index is 529. The second-order valence-corrected chi connectivity index (χ2v) is 7.80. The molecule has 2 heterocycles. The average molecular weight is 344 g/mol. The molecule has 2 aliphatic rings. The zero-order chi connectivity index (χ0) is 17.5. The molecule has 1 N–H and O–H groups in total. The van der Waals surface area contributed by atoms with E-state index in [1.54, 1.807) is 0 Å². The fraction of sp³-hybridized carbons (Fsp3) is 0.714. The van der Waals surface area contributed by atoms with Gasteiger partial charge in [-0.05, 0) is 63.0 Å². The van der Waals surface area contributed by atoms with Gasteiger partial charge in [-0.1, -0.05) is 26.2 Å². The van der Waals surface area contributed by atoms with Gasteiger partial charge in [0.2, 0.25) is 5.91 Å². The Hall–Kier alpha value is -1.58. The first-order valence-electron chi connectivity index (χ1n) is 10.3. The number of hydrogen-bond donors (Lipinski definition) is 1. The van der Waals surface area contributed by atoms with Gasteiger partial charge in [-0.3, -0.25) is 4.79 Å². The van der Waals surface area contributed by atoms with Gasteiger partial charge in [-0.2, -0.15) is 0 Å². The van der Waals surface area contributed by atoms with Gasteiger partial charge in [0.05, 0.1) is 11.9 Å². The minimum Gasteiger partial charge on any atom is -0.357 e. The first-order chi connectivity index (χ1) is 12.3. The molecule has 1 saturated heterocycles. The van der Waals surface area contributed by atoms with Gasteiger partial charge in [0.15, 0.2) is 0 Å². The molecule has 138 valence electrons. The topological polar surface area (TPSA) is 45.2 Å². The minimum atomic E-state index is 0.180. The lowest BCUT2D eigenvalue weighted by Crippen LogP contribution is -2.30. The molecule has 1 aromatic heterocycles. The number of aromatic nitrogens is 1. The summed E-state index contributed by atoms with van der Waals surface area (Å²) in [6.07, 6.45) is 14.1. The van der Waals surface area contributed by atoms with E-state index in [1.165, 1.54) is 51.4 Å². The van der Waals surface area contributed by atoms with Crippen LogP contribution in [0, 0.1) is 11.8 Å². The van der Waals surface area contributed by atoms with Crippen molar-refractivity contribution in [2.75, 3.05) is 23.3 Å². The fourth-order valence-corrected chi connectivity index (χ4v) is 4.22. The van der Waals surface area contributed by atoms with Crippen molar-refractivity contribution in [3.8, 4) is 0 Å². The Morgan fingerprint density at radius 1 is 1.16 bits per heavy atom. The number of nitrogens with one attached hydrogen (secondary N) is 1. The molecule has 0 unspecified atom stereocenters.